The number of nitrogen functional groups attached to an aromatic ring is 1. The topological polar surface area (TPSA) is 64.3 Å². The molecule has 1 saturated carbocycles. The lowest BCUT2D eigenvalue weighted by Crippen LogP contribution is -2.40. The summed E-state index contributed by atoms with van der Waals surface area (Å²) < 4.78 is 5.37. The minimum absolute atomic E-state index is 0.0807. The second-order valence-corrected chi connectivity index (χ2v) is 5.08. The highest BCUT2D eigenvalue weighted by Crippen LogP contribution is 2.21. The Balaban J connectivity index is 1.80. The van der Waals surface area contributed by atoms with Crippen molar-refractivity contribution in [3.05, 3.63) is 29.8 Å². The summed E-state index contributed by atoms with van der Waals surface area (Å²) in [5.41, 5.74) is 7.65. The molecule has 0 spiro atoms. The minimum atomic E-state index is 0.0807. The Morgan fingerprint density at radius 3 is 2.95 bits per heavy atom. The number of nitrogens with two attached hydrogens (primary N) is 1. The number of para-hydroxylation sites is 1. The minimum Gasteiger partial charge on any atom is -0.399 e. The maximum Gasteiger partial charge on any atom is 0.220 e. The first-order valence-electron chi connectivity index (χ1n) is 6.86. The van der Waals surface area contributed by atoms with Crippen molar-refractivity contribution < 1.29 is 9.53 Å². The smallest absolute Gasteiger partial charge is 0.220 e. The standard InChI is InChI=1S/C15H22N2O2/c1-19-14-8-4-7-13(14)17-15(18)10-9-11-5-2-3-6-12(11)16/h2-3,5-6,13-14H,4,7-10,16H2,1H3,(H,17,18). The lowest BCUT2D eigenvalue weighted by molar-refractivity contribution is -0.122. The molecule has 4 nitrogen and oxygen atoms in total. The van der Waals surface area contributed by atoms with Gasteiger partial charge in [-0.1, -0.05) is 18.2 Å². The van der Waals surface area contributed by atoms with Crippen molar-refractivity contribution in [3.63, 3.8) is 0 Å². The number of hydrogen-bond donors (Lipinski definition) is 2. The summed E-state index contributed by atoms with van der Waals surface area (Å²) in [5.74, 6) is 0.0807. The van der Waals surface area contributed by atoms with E-state index in [9.17, 15) is 4.79 Å². The Hall–Kier alpha value is -1.55. The fraction of sp³-hybridized carbons (Fsp3) is 0.533. The van der Waals surface area contributed by atoms with Crippen molar-refractivity contribution in [2.24, 2.45) is 0 Å². The Morgan fingerprint density at radius 2 is 2.21 bits per heavy atom. The number of amides is 1. The molecule has 3 N–H and O–H groups in total. The summed E-state index contributed by atoms with van der Waals surface area (Å²) >= 11 is 0. The highest BCUT2D eigenvalue weighted by molar-refractivity contribution is 5.76. The summed E-state index contributed by atoms with van der Waals surface area (Å²) in [4.78, 5) is 11.9. The van der Waals surface area contributed by atoms with E-state index in [1.54, 1.807) is 7.11 Å². The molecule has 0 aromatic heterocycles. The van der Waals surface area contributed by atoms with Gasteiger partial charge in [-0.05, 0) is 37.3 Å². The van der Waals surface area contributed by atoms with Gasteiger partial charge in [0.2, 0.25) is 5.91 Å². The molecule has 4 heteroatoms. The number of benzene rings is 1. The summed E-state index contributed by atoms with van der Waals surface area (Å²) in [6.07, 6.45) is 4.50. The molecule has 2 rings (SSSR count). The van der Waals surface area contributed by atoms with Crippen molar-refractivity contribution in [1.82, 2.24) is 5.32 Å². The number of methoxy groups -OCH3 is 1. The van der Waals surface area contributed by atoms with E-state index in [2.05, 4.69) is 5.32 Å². The zero-order valence-corrected chi connectivity index (χ0v) is 11.4. The predicted octanol–water partition coefficient (Wildman–Crippen LogP) is 1.89. The molecule has 1 aliphatic carbocycles. The first-order chi connectivity index (χ1) is 9.20. The molecule has 19 heavy (non-hydrogen) atoms. The van der Waals surface area contributed by atoms with Crippen LogP contribution in [-0.4, -0.2) is 25.2 Å². The lowest BCUT2D eigenvalue weighted by atomic mass is 10.1. The van der Waals surface area contributed by atoms with E-state index in [0.717, 1.165) is 30.5 Å². The Morgan fingerprint density at radius 1 is 1.42 bits per heavy atom. The van der Waals surface area contributed by atoms with Gasteiger partial charge >= 0.3 is 0 Å². The van der Waals surface area contributed by atoms with Crippen LogP contribution in [-0.2, 0) is 16.0 Å². The van der Waals surface area contributed by atoms with Crippen LogP contribution in [0.1, 0.15) is 31.2 Å². The second kappa shape index (κ2) is 6.57. The molecule has 0 saturated heterocycles. The average Bonchev–Trinajstić information content (AvgIpc) is 2.85. The van der Waals surface area contributed by atoms with Crippen LogP contribution in [0.15, 0.2) is 24.3 Å². The van der Waals surface area contributed by atoms with Gasteiger partial charge in [0, 0.05) is 19.2 Å². The van der Waals surface area contributed by atoms with E-state index in [4.69, 9.17) is 10.5 Å². The normalized spacial score (nSPS) is 22.4. The van der Waals surface area contributed by atoms with Gasteiger partial charge in [0.05, 0.1) is 12.1 Å². The fourth-order valence-corrected chi connectivity index (χ4v) is 2.66. The van der Waals surface area contributed by atoms with Gasteiger partial charge in [0.1, 0.15) is 0 Å². The third-order valence-corrected chi connectivity index (χ3v) is 3.78. The van der Waals surface area contributed by atoms with Crippen LogP contribution in [0.25, 0.3) is 0 Å². The number of carbonyl (C=O) groups is 1. The first-order valence-corrected chi connectivity index (χ1v) is 6.86. The Labute approximate surface area is 114 Å². The molecular weight excluding hydrogens is 240 g/mol. The second-order valence-electron chi connectivity index (χ2n) is 5.08. The lowest BCUT2D eigenvalue weighted by Gasteiger charge is -2.19. The van der Waals surface area contributed by atoms with Crippen molar-refractivity contribution in [1.29, 1.82) is 0 Å². The number of hydrogen-bond acceptors (Lipinski definition) is 3. The average molecular weight is 262 g/mol. The van der Waals surface area contributed by atoms with Crippen LogP contribution in [0.2, 0.25) is 0 Å². The molecule has 1 aromatic carbocycles. The molecule has 1 fully saturated rings. The van der Waals surface area contributed by atoms with Crippen LogP contribution in [0.3, 0.4) is 0 Å². The number of carbonyl (C=O) groups excluding carboxylic acids is 1. The zero-order chi connectivity index (χ0) is 13.7. The molecular formula is C15H22N2O2. The highest BCUT2D eigenvalue weighted by atomic mass is 16.5. The third-order valence-electron chi connectivity index (χ3n) is 3.78. The first kappa shape index (κ1) is 13.9. The fourth-order valence-electron chi connectivity index (χ4n) is 2.66. The molecule has 0 heterocycles. The largest absolute Gasteiger partial charge is 0.399 e. The van der Waals surface area contributed by atoms with Crippen molar-refractivity contribution >= 4 is 11.6 Å². The van der Waals surface area contributed by atoms with Crippen LogP contribution in [0.4, 0.5) is 5.69 Å². The summed E-state index contributed by atoms with van der Waals surface area (Å²) in [6, 6.07) is 7.86. The van der Waals surface area contributed by atoms with E-state index < -0.39 is 0 Å². The van der Waals surface area contributed by atoms with Gasteiger partial charge in [-0.15, -0.1) is 0 Å². The number of ether oxygens (including phenoxy) is 1. The Kier molecular flexibility index (Phi) is 4.80. The SMILES string of the molecule is COC1CCCC1NC(=O)CCc1ccccc1N. The van der Waals surface area contributed by atoms with E-state index in [-0.39, 0.29) is 18.1 Å². The van der Waals surface area contributed by atoms with Crippen LogP contribution in [0, 0.1) is 0 Å². The summed E-state index contributed by atoms with van der Waals surface area (Å²) in [7, 11) is 1.71. The molecule has 0 radical (unpaired) electrons. The molecule has 0 bridgehead atoms. The number of anilines is 1. The predicted molar refractivity (Wildman–Crippen MR) is 75.8 cm³/mol. The summed E-state index contributed by atoms with van der Waals surface area (Å²) in [6.45, 7) is 0. The van der Waals surface area contributed by atoms with Crippen LogP contribution >= 0.6 is 0 Å². The molecule has 2 atom stereocenters. The van der Waals surface area contributed by atoms with Crippen molar-refractivity contribution in [3.8, 4) is 0 Å². The van der Waals surface area contributed by atoms with E-state index in [0.29, 0.717) is 12.8 Å². The van der Waals surface area contributed by atoms with Crippen LogP contribution in [0.5, 0.6) is 0 Å². The number of rotatable bonds is 5. The van der Waals surface area contributed by atoms with Gasteiger partial charge < -0.3 is 15.8 Å². The van der Waals surface area contributed by atoms with Crippen molar-refractivity contribution in [2.75, 3.05) is 12.8 Å². The van der Waals surface area contributed by atoms with Gasteiger partial charge in [-0.3, -0.25) is 4.79 Å². The molecule has 0 aliphatic heterocycles. The molecule has 1 aromatic rings. The van der Waals surface area contributed by atoms with E-state index in [1.165, 1.54) is 0 Å². The van der Waals surface area contributed by atoms with Crippen molar-refractivity contribution in [2.45, 2.75) is 44.2 Å². The maximum absolute atomic E-state index is 11.9. The monoisotopic (exact) mass is 262 g/mol. The quantitative estimate of drug-likeness (QED) is 0.796. The highest BCUT2D eigenvalue weighted by Gasteiger charge is 2.28. The van der Waals surface area contributed by atoms with Crippen LogP contribution < -0.4 is 11.1 Å². The van der Waals surface area contributed by atoms with Gasteiger partial charge in [0.15, 0.2) is 0 Å². The third kappa shape index (κ3) is 3.70. The van der Waals surface area contributed by atoms with Gasteiger partial charge in [0.25, 0.3) is 0 Å². The Bertz CT molecular complexity index is 434. The maximum atomic E-state index is 11.9. The molecule has 2 unspecified atom stereocenters. The number of nitrogens with one attached hydrogen (secondary N) is 1. The molecule has 104 valence electrons. The van der Waals surface area contributed by atoms with Gasteiger partial charge in [-0.25, -0.2) is 0 Å². The molecule has 1 amide bonds. The zero-order valence-electron chi connectivity index (χ0n) is 11.4. The number of aryl methyl sites for hydroxylation is 1. The van der Waals surface area contributed by atoms with Gasteiger partial charge in [-0.2, -0.15) is 0 Å². The van der Waals surface area contributed by atoms with E-state index in [1.807, 2.05) is 24.3 Å². The summed E-state index contributed by atoms with van der Waals surface area (Å²) in [5, 5.41) is 3.06. The molecule has 1 aliphatic rings. The van der Waals surface area contributed by atoms with E-state index >= 15 is 0 Å².